The lowest BCUT2D eigenvalue weighted by Crippen LogP contribution is -2.45. The molecule has 2 fully saturated rings. The highest BCUT2D eigenvalue weighted by atomic mass is 32.2. The Kier molecular flexibility index (Phi) is 8.61. The van der Waals surface area contributed by atoms with Crippen LogP contribution in [0.25, 0.3) is 16.8 Å². The maximum atomic E-state index is 12.3. The average Bonchev–Trinajstić information content (AvgIpc) is 3.37. The number of para-hydroxylation sites is 1. The minimum Gasteiger partial charge on any atom is -0.494 e. The molecule has 6 rings (SSSR count). The molecule has 4 heterocycles. The fourth-order valence-electron chi connectivity index (χ4n) is 6.62. The number of ether oxygens (including phenoxy) is 1. The fourth-order valence-corrected chi connectivity index (χ4v) is 7.13. The van der Waals surface area contributed by atoms with Crippen LogP contribution in [0, 0.1) is 5.92 Å². The van der Waals surface area contributed by atoms with Gasteiger partial charge in [-0.15, -0.1) is 5.10 Å². The van der Waals surface area contributed by atoms with E-state index in [4.69, 9.17) is 9.84 Å². The molecular weight excluding hydrogens is 594 g/mol. The summed E-state index contributed by atoms with van der Waals surface area (Å²) in [6.45, 7) is 2.79. The normalized spacial score (nSPS) is 20.2. The first-order chi connectivity index (χ1) is 21.6. The van der Waals surface area contributed by atoms with Gasteiger partial charge in [0.2, 0.25) is 16.0 Å². The number of nitrogens with zero attached hydrogens (tertiary/aromatic N) is 6. The minimum absolute atomic E-state index is 0.215. The maximum absolute atomic E-state index is 12.3. The van der Waals surface area contributed by atoms with Gasteiger partial charge >= 0.3 is 0 Å². The van der Waals surface area contributed by atoms with Crippen LogP contribution in [0.5, 0.6) is 5.75 Å². The summed E-state index contributed by atoms with van der Waals surface area (Å²) in [5, 5.41) is 30.6. The Morgan fingerprint density at radius 3 is 2.58 bits per heavy atom. The number of rotatable bonds is 8. The number of benzene rings is 2. The summed E-state index contributed by atoms with van der Waals surface area (Å²) in [5.74, 6) is 1.22. The third kappa shape index (κ3) is 6.43. The van der Waals surface area contributed by atoms with Crippen molar-refractivity contribution in [2.45, 2.75) is 37.7 Å². The summed E-state index contributed by atoms with van der Waals surface area (Å²) >= 11 is 0. The summed E-state index contributed by atoms with van der Waals surface area (Å²) in [5.41, 5.74) is 3.80. The molecule has 3 N–H and O–H groups in total. The van der Waals surface area contributed by atoms with Gasteiger partial charge in [0.25, 0.3) is 0 Å². The van der Waals surface area contributed by atoms with Crippen LogP contribution in [-0.2, 0) is 10.0 Å². The Morgan fingerprint density at radius 2 is 1.82 bits per heavy atom. The van der Waals surface area contributed by atoms with E-state index in [1.165, 1.54) is 22.7 Å². The SMILES string of the molecule is COc1cc(N2CCC(C3(O)CCCN(O)CC3)CC2)ccc1Nc1ncc2ccc(-c3ccccc3N(C)S(C)(=O)=O)n2n1. The molecule has 0 radical (unpaired) electrons. The molecule has 2 aromatic carbocycles. The van der Waals surface area contributed by atoms with Gasteiger partial charge in [-0.3, -0.25) is 4.31 Å². The van der Waals surface area contributed by atoms with Crippen molar-refractivity contribution in [3.63, 3.8) is 0 Å². The van der Waals surface area contributed by atoms with E-state index in [1.807, 2.05) is 48.5 Å². The molecule has 2 saturated heterocycles. The van der Waals surface area contributed by atoms with Gasteiger partial charge in [0.15, 0.2) is 0 Å². The van der Waals surface area contributed by atoms with Crippen molar-refractivity contribution in [1.82, 2.24) is 19.7 Å². The highest BCUT2D eigenvalue weighted by Gasteiger charge is 2.39. The molecule has 2 aliphatic heterocycles. The Balaban J connectivity index is 1.20. The monoisotopic (exact) mass is 635 g/mol. The van der Waals surface area contributed by atoms with Crippen molar-refractivity contribution in [1.29, 1.82) is 0 Å². The van der Waals surface area contributed by atoms with E-state index >= 15 is 0 Å². The van der Waals surface area contributed by atoms with E-state index in [-0.39, 0.29) is 5.92 Å². The lowest BCUT2D eigenvalue weighted by Gasteiger charge is -2.42. The number of hydrogen-bond donors (Lipinski definition) is 3. The molecule has 0 spiro atoms. The third-order valence-corrected chi connectivity index (χ3v) is 10.5. The summed E-state index contributed by atoms with van der Waals surface area (Å²) in [4.78, 5) is 6.83. The molecule has 45 heavy (non-hydrogen) atoms. The number of nitrogens with one attached hydrogen (secondary N) is 1. The fraction of sp³-hybridized carbons (Fsp3) is 0.438. The number of fused-ring (bicyclic) bond motifs is 1. The number of aromatic nitrogens is 3. The van der Waals surface area contributed by atoms with E-state index in [9.17, 15) is 18.7 Å². The summed E-state index contributed by atoms with van der Waals surface area (Å²) in [7, 11) is -0.296. The standard InChI is InChI=1S/C32H41N7O5S/c1-36(45(3,42)43)28-8-5-4-7-26(28)29-12-10-25-22-33-31(35-39(25)29)34-27-11-9-24(21-30(27)44-2)37-18-13-23(14-19-37)32(40)15-6-17-38(41)20-16-32/h4-5,7-12,21-23,40-41H,6,13-20H2,1-3H3,(H,34,35). The smallest absolute Gasteiger partial charge is 0.245 e. The van der Waals surface area contributed by atoms with Crippen molar-refractivity contribution in [3.05, 3.63) is 60.8 Å². The molecule has 0 aliphatic carbocycles. The quantitative estimate of drug-likeness (QED) is 0.256. The van der Waals surface area contributed by atoms with Crippen molar-refractivity contribution in [3.8, 4) is 17.0 Å². The number of piperidine rings is 1. The van der Waals surface area contributed by atoms with E-state index < -0.39 is 15.6 Å². The minimum atomic E-state index is -3.46. The molecule has 0 saturated carbocycles. The van der Waals surface area contributed by atoms with Crippen LogP contribution in [0.3, 0.4) is 0 Å². The Bertz CT molecular complexity index is 1770. The zero-order chi connectivity index (χ0) is 31.8. The van der Waals surface area contributed by atoms with Gasteiger partial charge in [-0.25, -0.2) is 17.9 Å². The lowest BCUT2D eigenvalue weighted by atomic mass is 9.76. The van der Waals surface area contributed by atoms with Crippen LogP contribution >= 0.6 is 0 Å². The molecule has 0 amide bonds. The summed E-state index contributed by atoms with van der Waals surface area (Å²) < 4.78 is 33.4. The number of anilines is 4. The number of sulfonamides is 1. The molecule has 2 aliphatic rings. The van der Waals surface area contributed by atoms with Crippen LogP contribution in [0.1, 0.15) is 32.1 Å². The predicted molar refractivity (Wildman–Crippen MR) is 175 cm³/mol. The second-order valence-electron chi connectivity index (χ2n) is 12.1. The topological polar surface area (TPSA) is 136 Å². The molecule has 240 valence electrons. The van der Waals surface area contributed by atoms with Crippen LogP contribution in [0.2, 0.25) is 0 Å². The molecule has 1 unspecified atom stereocenters. The van der Waals surface area contributed by atoms with E-state index in [0.29, 0.717) is 42.6 Å². The molecule has 4 aromatic rings. The van der Waals surface area contributed by atoms with Gasteiger partial charge in [-0.2, -0.15) is 5.06 Å². The van der Waals surface area contributed by atoms with E-state index in [1.54, 1.807) is 23.9 Å². The Labute approximate surface area is 263 Å². The molecule has 13 heteroatoms. The van der Waals surface area contributed by atoms with Crippen molar-refractivity contribution in [2.24, 2.45) is 5.92 Å². The van der Waals surface area contributed by atoms with Gasteiger partial charge in [0.1, 0.15) is 5.75 Å². The van der Waals surface area contributed by atoms with Crippen molar-refractivity contribution >= 4 is 38.6 Å². The molecule has 2 aromatic heterocycles. The van der Waals surface area contributed by atoms with Gasteiger partial charge < -0.3 is 25.3 Å². The zero-order valence-electron chi connectivity index (χ0n) is 25.9. The first-order valence-electron chi connectivity index (χ1n) is 15.3. The second-order valence-corrected chi connectivity index (χ2v) is 14.1. The zero-order valence-corrected chi connectivity index (χ0v) is 26.7. The van der Waals surface area contributed by atoms with Gasteiger partial charge in [-0.1, -0.05) is 18.2 Å². The molecule has 0 bridgehead atoms. The second kappa shape index (κ2) is 12.5. The first kappa shape index (κ1) is 31.1. The van der Waals surface area contributed by atoms with Crippen LogP contribution < -0.4 is 19.3 Å². The van der Waals surface area contributed by atoms with Gasteiger partial charge in [-0.05, 0) is 68.4 Å². The number of hydrogen-bond acceptors (Lipinski definition) is 10. The Morgan fingerprint density at radius 1 is 1.04 bits per heavy atom. The van der Waals surface area contributed by atoms with E-state index in [0.717, 1.165) is 61.2 Å². The molecular formula is C32H41N7O5S. The highest BCUT2D eigenvalue weighted by molar-refractivity contribution is 7.92. The van der Waals surface area contributed by atoms with Crippen LogP contribution in [-0.4, -0.2) is 90.6 Å². The van der Waals surface area contributed by atoms with E-state index in [2.05, 4.69) is 15.2 Å². The Hall–Kier alpha value is -3.91. The van der Waals surface area contributed by atoms with Crippen molar-refractivity contribution < 1.29 is 23.5 Å². The third-order valence-electron chi connectivity index (χ3n) is 9.30. The van der Waals surface area contributed by atoms with Crippen LogP contribution in [0.15, 0.2) is 60.8 Å². The number of hydroxylamine groups is 2. The van der Waals surface area contributed by atoms with Crippen molar-refractivity contribution in [2.75, 3.05) is 61.1 Å². The highest BCUT2D eigenvalue weighted by Crippen LogP contribution is 2.39. The predicted octanol–water partition coefficient (Wildman–Crippen LogP) is 4.37. The average molecular weight is 636 g/mol. The summed E-state index contributed by atoms with van der Waals surface area (Å²) in [6.07, 6.45) is 6.80. The first-order valence-corrected chi connectivity index (χ1v) is 17.1. The maximum Gasteiger partial charge on any atom is 0.245 e. The lowest BCUT2D eigenvalue weighted by molar-refractivity contribution is -0.0985. The van der Waals surface area contributed by atoms with Gasteiger partial charge in [0, 0.05) is 50.5 Å². The summed E-state index contributed by atoms with van der Waals surface area (Å²) in [6, 6.07) is 17.1. The van der Waals surface area contributed by atoms with Gasteiger partial charge in [0.05, 0.1) is 47.7 Å². The molecule has 1 atom stereocenters. The molecule has 12 nitrogen and oxygen atoms in total. The number of methoxy groups -OCH3 is 1. The largest absolute Gasteiger partial charge is 0.494 e. The number of aliphatic hydroxyl groups is 1. The van der Waals surface area contributed by atoms with Crippen LogP contribution in [0.4, 0.5) is 23.0 Å².